The summed E-state index contributed by atoms with van der Waals surface area (Å²) in [4.78, 5) is 20.8. The van der Waals surface area contributed by atoms with E-state index in [-0.39, 0.29) is 0 Å². The molecule has 0 atom stereocenters. The topological polar surface area (TPSA) is 36.4 Å². The van der Waals surface area contributed by atoms with Crippen molar-refractivity contribution in [3.63, 3.8) is 0 Å². The van der Waals surface area contributed by atoms with E-state index in [9.17, 15) is 4.79 Å². The first-order valence-electron chi connectivity index (χ1n) is 6.03. The molecule has 2 rings (SSSR count). The number of hydrogen-bond acceptors (Lipinski definition) is 5. The molecule has 1 aromatic heterocycles. The summed E-state index contributed by atoms with van der Waals surface area (Å²) in [5.41, 5.74) is 0.853. The largest absolute Gasteiger partial charge is 0.346 e. The molecule has 0 N–H and O–H groups in total. The lowest BCUT2D eigenvalue weighted by molar-refractivity contribution is 0.112. The lowest BCUT2D eigenvalue weighted by Crippen LogP contribution is -2.48. The number of aldehydes is 1. The van der Waals surface area contributed by atoms with Crippen molar-refractivity contribution in [1.29, 1.82) is 0 Å². The summed E-state index contributed by atoms with van der Waals surface area (Å²) in [6.07, 6.45) is 0.904. The number of nitrogens with zero attached hydrogens (tertiary/aromatic N) is 3. The van der Waals surface area contributed by atoms with Crippen LogP contribution in [0, 0.1) is 6.92 Å². The molecule has 5 heteroatoms. The van der Waals surface area contributed by atoms with Gasteiger partial charge in [-0.15, -0.1) is 0 Å². The second-order valence-electron chi connectivity index (χ2n) is 4.68. The van der Waals surface area contributed by atoms with Crippen LogP contribution in [-0.2, 0) is 0 Å². The van der Waals surface area contributed by atoms with Crippen LogP contribution in [0.2, 0.25) is 0 Å². The van der Waals surface area contributed by atoms with Gasteiger partial charge in [0.15, 0.2) is 11.4 Å². The van der Waals surface area contributed by atoms with Gasteiger partial charge in [0.1, 0.15) is 0 Å². The van der Waals surface area contributed by atoms with Crippen molar-refractivity contribution in [2.75, 3.05) is 31.1 Å². The highest BCUT2D eigenvalue weighted by Crippen LogP contribution is 2.25. The quantitative estimate of drug-likeness (QED) is 0.770. The Hall–Kier alpha value is -0.940. The number of piperazine rings is 1. The van der Waals surface area contributed by atoms with Crippen LogP contribution in [0.25, 0.3) is 0 Å². The average molecular weight is 253 g/mol. The van der Waals surface area contributed by atoms with Crippen LogP contribution < -0.4 is 4.90 Å². The van der Waals surface area contributed by atoms with Crippen LogP contribution in [-0.4, -0.2) is 48.4 Å². The van der Waals surface area contributed by atoms with Crippen LogP contribution in [0.5, 0.6) is 0 Å². The van der Waals surface area contributed by atoms with Gasteiger partial charge in [-0.3, -0.25) is 9.69 Å². The molecule has 1 aromatic rings. The number of aromatic nitrogens is 1. The molecule has 1 saturated heterocycles. The van der Waals surface area contributed by atoms with Gasteiger partial charge < -0.3 is 4.90 Å². The minimum Gasteiger partial charge on any atom is -0.346 e. The smallest absolute Gasteiger partial charge is 0.186 e. The Balaban J connectivity index is 2.02. The van der Waals surface area contributed by atoms with E-state index in [4.69, 9.17) is 0 Å². The number of carbonyl (C=O) groups excluding carboxylic acids is 1. The van der Waals surface area contributed by atoms with E-state index in [1.807, 2.05) is 6.92 Å². The van der Waals surface area contributed by atoms with E-state index in [0.717, 1.165) is 48.2 Å². The molecule has 0 aliphatic carbocycles. The van der Waals surface area contributed by atoms with Crippen molar-refractivity contribution >= 4 is 22.8 Å². The SMILES string of the molecule is Cc1nc(N2CCN(C(C)C)CC2)sc1C=O. The van der Waals surface area contributed by atoms with Crippen LogP contribution in [0.1, 0.15) is 29.2 Å². The fourth-order valence-electron chi connectivity index (χ4n) is 2.07. The van der Waals surface area contributed by atoms with Crippen molar-refractivity contribution in [3.05, 3.63) is 10.6 Å². The van der Waals surface area contributed by atoms with Gasteiger partial charge in [-0.2, -0.15) is 0 Å². The molecule has 0 radical (unpaired) electrons. The summed E-state index contributed by atoms with van der Waals surface area (Å²) in [6.45, 7) is 10.5. The molecule has 1 fully saturated rings. The third-order valence-corrected chi connectivity index (χ3v) is 4.39. The molecule has 0 unspecified atom stereocenters. The van der Waals surface area contributed by atoms with Crippen molar-refractivity contribution in [1.82, 2.24) is 9.88 Å². The molecule has 1 aliphatic rings. The highest BCUT2D eigenvalue weighted by Gasteiger charge is 2.21. The summed E-state index contributed by atoms with van der Waals surface area (Å²) < 4.78 is 0. The fraction of sp³-hybridized carbons (Fsp3) is 0.667. The van der Waals surface area contributed by atoms with E-state index in [1.165, 1.54) is 11.3 Å². The molecule has 2 heterocycles. The number of hydrogen-bond donors (Lipinski definition) is 0. The van der Waals surface area contributed by atoms with Gasteiger partial charge in [0.25, 0.3) is 0 Å². The summed E-state index contributed by atoms with van der Waals surface area (Å²) in [5.74, 6) is 0. The maximum absolute atomic E-state index is 10.8. The molecular weight excluding hydrogens is 234 g/mol. The first-order valence-corrected chi connectivity index (χ1v) is 6.85. The second kappa shape index (κ2) is 5.14. The van der Waals surface area contributed by atoms with Crippen molar-refractivity contribution < 1.29 is 4.79 Å². The monoisotopic (exact) mass is 253 g/mol. The van der Waals surface area contributed by atoms with Gasteiger partial charge in [-0.05, 0) is 20.8 Å². The van der Waals surface area contributed by atoms with Gasteiger partial charge in [-0.25, -0.2) is 4.98 Å². The predicted molar refractivity (Wildman–Crippen MR) is 71.2 cm³/mol. The maximum atomic E-state index is 10.8. The Labute approximate surface area is 106 Å². The molecule has 17 heavy (non-hydrogen) atoms. The molecule has 0 bridgehead atoms. The summed E-state index contributed by atoms with van der Waals surface area (Å²) in [5, 5.41) is 0.994. The standard InChI is InChI=1S/C12H19N3OS/c1-9(2)14-4-6-15(7-5-14)12-13-10(3)11(8-16)17-12/h8-9H,4-7H2,1-3H3. The van der Waals surface area contributed by atoms with Gasteiger partial charge >= 0.3 is 0 Å². The molecule has 1 aliphatic heterocycles. The maximum Gasteiger partial charge on any atom is 0.186 e. The van der Waals surface area contributed by atoms with E-state index in [2.05, 4.69) is 28.6 Å². The van der Waals surface area contributed by atoms with E-state index in [1.54, 1.807) is 0 Å². The summed E-state index contributed by atoms with van der Waals surface area (Å²) >= 11 is 1.50. The number of thiazole rings is 1. The fourth-order valence-corrected chi connectivity index (χ4v) is 3.00. The third kappa shape index (κ3) is 2.66. The zero-order chi connectivity index (χ0) is 12.4. The second-order valence-corrected chi connectivity index (χ2v) is 5.69. The summed E-state index contributed by atoms with van der Waals surface area (Å²) in [7, 11) is 0. The van der Waals surface area contributed by atoms with Crippen LogP contribution in [0.4, 0.5) is 5.13 Å². The molecule has 0 amide bonds. The normalized spacial score (nSPS) is 17.8. The van der Waals surface area contributed by atoms with Gasteiger partial charge in [0.2, 0.25) is 0 Å². The third-order valence-electron chi connectivity index (χ3n) is 3.24. The minimum atomic E-state index is 0.612. The van der Waals surface area contributed by atoms with Crippen LogP contribution >= 0.6 is 11.3 Å². The number of anilines is 1. The Morgan fingerprint density at radius 3 is 2.41 bits per heavy atom. The van der Waals surface area contributed by atoms with Crippen LogP contribution in [0.3, 0.4) is 0 Å². The van der Waals surface area contributed by atoms with Gasteiger partial charge in [0, 0.05) is 32.2 Å². The van der Waals surface area contributed by atoms with Crippen molar-refractivity contribution in [3.8, 4) is 0 Å². The molecular formula is C12H19N3OS. The minimum absolute atomic E-state index is 0.612. The Bertz CT molecular complexity index is 394. The molecule has 4 nitrogen and oxygen atoms in total. The zero-order valence-electron chi connectivity index (χ0n) is 10.6. The lowest BCUT2D eigenvalue weighted by Gasteiger charge is -2.36. The zero-order valence-corrected chi connectivity index (χ0v) is 11.5. The number of rotatable bonds is 3. The predicted octanol–water partition coefficient (Wildman–Crippen LogP) is 1.79. The Kier molecular flexibility index (Phi) is 3.79. The highest BCUT2D eigenvalue weighted by molar-refractivity contribution is 7.17. The number of aryl methyl sites for hydroxylation is 1. The van der Waals surface area contributed by atoms with E-state index >= 15 is 0 Å². The van der Waals surface area contributed by atoms with E-state index < -0.39 is 0 Å². The van der Waals surface area contributed by atoms with E-state index in [0.29, 0.717) is 6.04 Å². The average Bonchev–Trinajstić information content (AvgIpc) is 2.70. The van der Waals surface area contributed by atoms with Crippen LogP contribution in [0.15, 0.2) is 0 Å². The van der Waals surface area contributed by atoms with Crippen molar-refractivity contribution in [2.24, 2.45) is 0 Å². The highest BCUT2D eigenvalue weighted by atomic mass is 32.1. The van der Waals surface area contributed by atoms with Gasteiger partial charge in [0.05, 0.1) is 10.6 Å². The molecule has 0 spiro atoms. The first-order chi connectivity index (χ1) is 8.11. The first kappa shape index (κ1) is 12.5. The number of carbonyl (C=O) groups is 1. The Morgan fingerprint density at radius 1 is 1.29 bits per heavy atom. The molecule has 0 saturated carbocycles. The lowest BCUT2D eigenvalue weighted by atomic mass is 10.2. The summed E-state index contributed by atoms with van der Waals surface area (Å²) in [6, 6.07) is 0.612. The molecule has 0 aromatic carbocycles. The Morgan fingerprint density at radius 2 is 1.94 bits per heavy atom. The molecule has 94 valence electrons. The van der Waals surface area contributed by atoms with Gasteiger partial charge in [-0.1, -0.05) is 11.3 Å². The van der Waals surface area contributed by atoms with Crippen molar-refractivity contribution in [2.45, 2.75) is 26.8 Å².